The summed E-state index contributed by atoms with van der Waals surface area (Å²) < 4.78 is 29.0. The van der Waals surface area contributed by atoms with Gasteiger partial charge in [0, 0.05) is 0 Å². The van der Waals surface area contributed by atoms with Crippen molar-refractivity contribution in [3.05, 3.63) is 64.4 Å². The van der Waals surface area contributed by atoms with Crippen LogP contribution in [0.4, 0.5) is 8.78 Å². The Morgan fingerprint density at radius 1 is 1.11 bits per heavy atom. The van der Waals surface area contributed by atoms with Crippen LogP contribution >= 0.6 is 12.2 Å². The number of hydrogen-bond donors (Lipinski definition) is 1. The second-order valence-corrected chi connectivity index (χ2v) is 4.67. The first-order valence-electron chi connectivity index (χ1n) is 5.76. The number of rotatable bonds is 2. The maximum atomic E-state index is 13.6. The van der Waals surface area contributed by atoms with E-state index in [0.29, 0.717) is 22.3 Å². The van der Waals surface area contributed by atoms with E-state index in [1.807, 2.05) is 6.07 Å². The second kappa shape index (κ2) is 4.59. The molecule has 2 aromatic carbocycles. The Labute approximate surface area is 113 Å². The van der Waals surface area contributed by atoms with Gasteiger partial charge in [0.1, 0.15) is 17.2 Å². The molecule has 19 heavy (non-hydrogen) atoms. The summed E-state index contributed by atoms with van der Waals surface area (Å²) in [6.07, 6.45) is 0. The standard InChI is InChI=1S/C14H10F2N2S/c15-10-4-1-3-9(7-10)8-18-12-6-2-5-11(16)13(12)17-14(18)19/h1-7H,8H2,(H,17,19). The summed E-state index contributed by atoms with van der Waals surface area (Å²) in [4.78, 5) is 2.84. The molecule has 0 spiro atoms. The molecule has 0 aliphatic heterocycles. The van der Waals surface area contributed by atoms with E-state index in [-0.39, 0.29) is 11.6 Å². The van der Waals surface area contributed by atoms with Gasteiger partial charge in [-0.05, 0) is 42.0 Å². The molecule has 1 N–H and O–H groups in total. The highest BCUT2D eigenvalue weighted by molar-refractivity contribution is 7.71. The van der Waals surface area contributed by atoms with E-state index in [1.165, 1.54) is 18.2 Å². The van der Waals surface area contributed by atoms with Crippen molar-refractivity contribution in [3.63, 3.8) is 0 Å². The Bertz CT molecular complexity index is 805. The van der Waals surface area contributed by atoms with Crippen LogP contribution in [0, 0.1) is 16.4 Å². The largest absolute Gasteiger partial charge is 0.328 e. The Balaban J connectivity index is 2.13. The minimum absolute atomic E-state index is 0.296. The molecule has 0 saturated heterocycles. The normalized spacial score (nSPS) is 11.1. The van der Waals surface area contributed by atoms with Crippen molar-refractivity contribution in [2.45, 2.75) is 6.54 Å². The highest BCUT2D eigenvalue weighted by atomic mass is 32.1. The minimum atomic E-state index is -0.346. The lowest BCUT2D eigenvalue weighted by Gasteiger charge is -2.05. The lowest BCUT2D eigenvalue weighted by Crippen LogP contribution is -2.00. The molecule has 3 aromatic rings. The Morgan fingerprint density at radius 3 is 2.68 bits per heavy atom. The number of nitrogens with zero attached hydrogens (tertiary/aromatic N) is 1. The summed E-state index contributed by atoms with van der Waals surface area (Å²) in [6.45, 7) is 0.403. The quantitative estimate of drug-likeness (QED) is 0.701. The Kier molecular flexibility index (Phi) is 2.91. The average Bonchev–Trinajstić information content (AvgIpc) is 2.69. The minimum Gasteiger partial charge on any atom is -0.328 e. The molecule has 0 atom stereocenters. The molecule has 2 nitrogen and oxygen atoms in total. The number of aromatic amines is 1. The highest BCUT2D eigenvalue weighted by Gasteiger charge is 2.08. The summed E-state index contributed by atoms with van der Waals surface area (Å²) >= 11 is 5.19. The zero-order chi connectivity index (χ0) is 13.4. The van der Waals surface area contributed by atoms with E-state index in [2.05, 4.69) is 4.98 Å². The molecule has 5 heteroatoms. The van der Waals surface area contributed by atoms with Gasteiger partial charge >= 0.3 is 0 Å². The van der Waals surface area contributed by atoms with Crippen LogP contribution in [0.1, 0.15) is 5.56 Å². The van der Waals surface area contributed by atoms with Gasteiger partial charge in [-0.15, -0.1) is 0 Å². The topological polar surface area (TPSA) is 20.7 Å². The maximum Gasteiger partial charge on any atom is 0.178 e. The van der Waals surface area contributed by atoms with E-state index in [0.717, 1.165) is 5.56 Å². The number of nitrogens with one attached hydrogen (secondary N) is 1. The molecule has 0 unspecified atom stereocenters. The summed E-state index contributed by atoms with van der Waals surface area (Å²) in [7, 11) is 0. The Morgan fingerprint density at radius 2 is 1.89 bits per heavy atom. The Hall–Kier alpha value is -2.01. The summed E-state index contributed by atoms with van der Waals surface area (Å²) in [6, 6.07) is 11.1. The maximum absolute atomic E-state index is 13.6. The first kappa shape index (κ1) is 12.0. The number of halogens is 2. The number of benzene rings is 2. The molecular weight excluding hydrogens is 266 g/mol. The van der Waals surface area contributed by atoms with Crippen molar-refractivity contribution >= 4 is 23.3 Å². The van der Waals surface area contributed by atoms with Gasteiger partial charge in [-0.25, -0.2) is 8.78 Å². The van der Waals surface area contributed by atoms with Crippen LogP contribution in [0.2, 0.25) is 0 Å². The zero-order valence-corrected chi connectivity index (χ0v) is 10.7. The number of para-hydroxylation sites is 1. The van der Waals surface area contributed by atoms with Gasteiger partial charge < -0.3 is 9.55 Å². The fourth-order valence-corrected chi connectivity index (χ4v) is 2.39. The third-order valence-electron chi connectivity index (χ3n) is 2.99. The van der Waals surface area contributed by atoms with E-state index in [4.69, 9.17) is 12.2 Å². The molecule has 0 bridgehead atoms. The molecule has 0 aliphatic rings. The van der Waals surface area contributed by atoms with Gasteiger partial charge in [0.25, 0.3) is 0 Å². The van der Waals surface area contributed by atoms with Crippen molar-refractivity contribution in [3.8, 4) is 0 Å². The van der Waals surface area contributed by atoms with Crippen LogP contribution in [0.15, 0.2) is 42.5 Å². The van der Waals surface area contributed by atoms with Crippen molar-refractivity contribution in [2.75, 3.05) is 0 Å². The third-order valence-corrected chi connectivity index (χ3v) is 3.31. The van der Waals surface area contributed by atoms with E-state index in [1.54, 1.807) is 22.8 Å². The predicted octanol–water partition coefficient (Wildman–Crippen LogP) is 4.03. The van der Waals surface area contributed by atoms with E-state index < -0.39 is 0 Å². The molecule has 96 valence electrons. The van der Waals surface area contributed by atoms with Gasteiger partial charge in [0.15, 0.2) is 4.77 Å². The molecule has 0 radical (unpaired) electrons. The number of fused-ring (bicyclic) bond motifs is 1. The number of aromatic nitrogens is 2. The fraction of sp³-hybridized carbons (Fsp3) is 0.0714. The molecule has 0 amide bonds. The summed E-state index contributed by atoms with van der Waals surface area (Å²) in [5, 5.41) is 0. The SMILES string of the molecule is Fc1cccc(Cn2c(=S)[nH]c3c(F)cccc32)c1. The van der Waals surface area contributed by atoms with Crippen LogP contribution in [0.3, 0.4) is 0 Å². The lowest BCUT2D eigenvalue weighted by molar-refractivity contribution is 0.623. The van der Waals surface area contributed by atoms with Crippen LogP contribution in [-0.4, -0.2) is 9.55 Å². The van der Waals surface area contributed by atoms with Crippen molar-refractivity contribution in [1.82, 2.24) is 9.55 Å². The third kappa shape index (κ3) is 2.17. The van der Waals surface area contributed by atoms with Crippen molar-refractivity contribution in [2.24, 2.45) is 0 Å². The van der Waals surface area contributed by atoms with Crippen molar-refractivity contribution in [1.29, 1.82) is 0 Å². The van der Waals surface area contributed by atoms with Crippen LogP contribution in [0.5, 0.6) is 0 Å². The number of imidazole rings is 1. The highest BCUT2D eigenvalue weighted by Crippen LogP contribution is 2.18. The first-order valence-corrected chi connectivity index (χ1v) is 6.17. The second-order valence-electron chi connectivity index (χ2n) is 4.28. The van der Waals surface area contributed by atoms with Gasteiger partial charge in [-0.3, -0.25) is 0 Å². The van der Waals surface area contributed by atoms with Gasteiger partial charge in [0.05, 0.1) is 12.1 Å². The molecule has 0 aliphatic carbocycles. The molecule has 0 fully saturated rings. The molecule has 1 aromatic heterocycles. The average molecular weight is 276 g/mol. The molecular formula is C14H10F2N2S. The van der Waals surface area contributed by atoms with E-state index >= 15 is 0 Å². The lowest BCUT2D eigenvalue weighted by atomic mass is 10.2. The number of hydrogen-bond acceptors (Lipinski definition) is 1. The predicted molar refractivity (Wildman–Crippen MR) is 72.6 cm³/mol. The molecule has 3 rings (SSSR count). The van der Waals surface area contributed by atoms with Gasteiger partial charge in [0.2, 0.25) is 0 Å². The van der Waals surface area contributed by atoms with Gasteiger partial charge in [-0.1, -0.05) is 18.2 Å². The van der Waals surface area contributed by atoms with Crippen LogP contribution in [0.25, 0.3) is 11.0 Å². The molecule has 1 heterocycles. The monoisotopic (exact) mass is 276 g/mol. The fourth-order valence-electron chi connectivity index (χ4n) is 2.12. The first-order chi connectivity index (χ1) is 9.15. The van der Waals surface area contributed by atoms with Gasteiger partial charge in [-0.2, -0.15) is 0 Å². The molecule has 0 saturated carbocycles. The smallest absolute Gasteiger partial charge is 0.178 e. The van der Waals surface area contributed by atoms with Crippen LogP contribution < -0.4 is 0 Å². The zero-order valence-electron chi connectivity index (χ0n) is 9.86. The summed E-state index contributed by atoms with van der Waals surface area (Å²) in [5.74, 6) is -0.642. The van der Waals surface area contributed by atoms with E-state index in [9.17, 15) is 8.78 Å². The van der Waals surface area contributed by atoms with Crippen molar-refractivity contribution < 1.29 is 8.78 Å². The summed E-state index contributed by atoms with van der Waals surface area (Å²) in [5.41, 5.74) is 1.83. The number of H-pyrrole nitrogens is 1. The van der Waals surface area contributed by atoms with Crippen LogP contribution in [-0.2, 0) is 6.54 Å².